The fraction of sp³-hybridized carbons (Fsp3) is 0.263. The largest absolute Gasteiger partial charge is 0.485 e. The number of carbonyl (C=O) groups is 4. The number of hydrogen-bond acceptors (Lipinski definition) is 8. The van der Waals surface area contributed by atoms with Crippen LogP contribution in [0.4, 0.5) is 0 Å². The van der Waals surface area contributed by atoms with Gasteiger partial charge in [0, 0.05) is 0 Å². The highest BCUT2D eigenvalue weighted by Crippen LogP contribution is 2.30. The van der Waals surface area contributed by atoms with Crippen molar-refractivity contribution in [1.29, 1.82) is 0 Å². The number of amides is 3. The Morgan fingerprint density at radius 2 is 1.90 bits per heavy atom. The van der Waals surface area contributed by atoms with Gasteiger partial charge in [0.05, 0.1) is 6.26 Å². The summed E-state index contributed by atoms with van der Waals surface area (Å²) in [6.45, 7) is 0.623. The highest BCUT2D eigenvalue weighted by molar-refractivity contribution is 5.99. The molecule has 2 aromatic rings. The summed E-state index contributed by atoms with van der Waals surface area (Å²) in [6.07, 6.45) is 0.301. The summed E-state index contributed by atoms with van der Waals surface area (Å²) < 4.78 is 20.6. The molecule has 0 saturated heterocycles. The molecule has 0 aliphatic carbocycles. The fourth-order valence-corrected chi connectivity index (χ4v) is 2.40. The molecular formula is C19H18N2O8. The van der Waals surface area contributed by atoms with Crippen molar-refractivity contribution >= 4 is 23.7 Å². The van der Waals surface area contributed by atoms with Gasteiger partial charge in [-0.25, -0.2) is 4.79 Å². The van der Waals surface area contributed by atoms with Crippen LogP contribution in [0.3, 0.4) is 0 Å². The Labute approximate surface area is 165 Å². The first-order valence-corrected chi connectivity index (χ1v) is 8.67. The Kier molecular flexibility index (Phi) is 6.12. The lowest BCUT2D eigenvalue weighted by Crippen LogP contribution is -2.47. The molecule has 0 fully saturated rings. The third-order valence-electron chi connectivity index (χ3n) is 3.86. The predicted molar refractivity (Wildman–Crippen MR) is 96.1 cm³/mol. The van der Waals surface area contributed by atoms with E-state index in [9.17, 15) is 19.2 Å². The van der Waals surface area contributed by atoms with Crippen LogP contribution in [0.5, 0.6) is 11.5 Å². The van der Waals surface area contributed by atoms with Gasteiger partial charge in [0.15, 0.2) is 23.9 Å². The van der Waals surface area contributed by atoms with Crippen LogP contribution < -0.4 is 20.1 Å². The quantitative estimate of drug-likeness (QED) is 0.665. The molecule has 3 amide bonds. The highest BCUT2D eigenvalue weighted by atomic mass is 16.6. The van der Waals surface area contributed by atoms with Crippen molar-refractivity contribution in [2.45, 2.75) is 19.1 Å². The van der Waals surface area contributed by atoms with Gasteiger partial charge in [0.25, 0.3) is 17.7 Å². The molecule has 2 atom stereocenters. The average Bonchev–Trinajstić information content (AvgIpc) is 3.26. The van der Waals surface area contributed by atoms with Gasteiger partial charge in [-0.05, 0) is 31.2 Å². The van der Waals surface area contributed by atoms with Crippen molar-refractivity contribution < 1.29 is 37.8 Å². The summed E-state index contributed by atoms with van der Waals surface area (Å²) in [6, 6.07) is 8.75. The molecular weight excluding hydrogens is 384 g/mol. The minimum Gasteiger partial charge on any atom is -0.485 e. The van der Waals surface area contributed by atoms with Gasteiger partial charge in [-0.2, -0.15) is 0 Å². The van der Waals surface area contributed by atoms with E-state index in [1.165, 1.54) is 25.3 Å². The molecule has 2 heterocycles. The first-order chi connectivity index (χ1) is 13.9. The van der Waals surface area contributed by atoms with E-state index in [2.05, 4.69) is 10.6 Å². The van der Waals surface area contributed by atoms with Crippen LogP contribution in [-0.4, -0.2) is 49.1 Å². The van der Waals surface area contributed by atoms with Crippen molar-refractivity contribution in [2.75, 3.05) is 13.2 Å². The first kappa shape index (κ1) is 19.9. The number of hydrogen-bond donors (Lipinski definition) is 2. The maximum Gasteiger partial charge on any atom is 0.328 e. The third-order valence-corrected chi connectivity index (χ3v) is 3.86. The molecule has 1 aliphatic rings. The predicted octanol–water partition coefficient (Wildman–Crippen LogP) is 0.424. The number of furan rings is 1. The second-order valence-corrected chi connectivity index (χ2v) is 6.06. The number of esters is 1. The average molecular weight is 402 g/mol. The second kappa shape index (κ2) is 8.91. The van der Waals surface area contributed by atoms with Gasteiger partial charge in [0.2, 0.25) is 6.10 Å². The lowest BCUT2D eigenvalue weighted by Gasteiger charge is -2.25. The molecule has 152 valence electrons. The van der Waals surface area contributed by atoms with Crippen LogP contribution >= 0.6 is 0 Å². The van der Waals surface area contributed by atoms with E-state index >= 15 is 0 Å². The second-order valence-electron chi connectivity index (χ2n) is 6.06. The molecule has 10 nitrogen and oxygen atoms in total. The van der Waals surface area contributed by atoms with E-state index in [-0.39, 0.29) is 12.4 Å². The van der Waals surface area contributed by atoms with E-state index < -0.39 is 42.4 Å². The zero-order valence-electron chi connectivity index (χ0n) is 15.4. The lowest BCUT2D eigenvalue weighted by molar-refractivity contribution is -0.151. The normalized spacial score (nSPS) is 15.7. The third kappa shape index (κ3) is 5.12. The molecule has 0 unspecified atom stereocenters. The molecule has 3 rings (SSSR count). The maximum atomic E-state index is 12.1. The first-order valence-electron chi connectivity index (χ1n) is 8.67. The number of benzene rings is 1. The monoisotopic (exact) mass is 402 g/mol. The molecule has 29 heavy (non-hydrogen) atoms. The Bertz CT molecular complexity index is 909. The Hall–Kier alpha value is -3.82. The molecule has 10 heteroatoms. The van der Waals surface area contributed by atoms with Crippen LogP contribution in [0.15, 0.2) is 47.1 Å². The van der Waals surface area contributed by atoms with Gasteiger partial charge in [-0.15, -0.1) is 0 Å². The summed E-state index contributed by atoms with van der Waals surface area (Å²) in [5.41, 5.74) is 0. The molecule has 0 spiro atoms. The summed E-state index contributed by atoms with van der Waals surface area (Å²) in [5.74, 6) is -2.09. The number of nitrogens with one attached hydrogen (secondary N) is 2. The number of fused-ring (bicyclic) bond motifs is 1. The van der Waals surface area contributed by atoms with Gasteiger partial charge in [-0.1, -0.05) is 12.1 Å². The van der Waals surface area contributed by atoms with Crippen LogP contribution in [0.2, 0.25) is 0 Å². The zero-order chi connectivity index (χ0) is 20.8. The number of para-hydroxylation sites is 2. The fourth-order valence-electron chi connectivity index (χ4n) is 2.40. The van der Waals surface area contributed by atoms with E-state index in [0.29, 0.717) is 11.5 Å². The molecule has 1 aromatic carbocycles. The summed E-state index contributed by atoms with van der Waals surface area (Å²) in [7, 11) is 0. The summed E-state index contributed by atoms with van der Waals surface area (Å²) in [5, 5.41) is 4.44. The standard InChI is InChI=1S/C19H18N2O8/c1-11(20-17(23)14-7-4-8-26-14)19(25)28-10-16(22)21-18(24)15-9-27-12-5-2-3-6-13(12)29-15/h2-8,11,15H,9-10H2,1H3,(H,20,23)(H,21,22,24)/t11-,15-/m0/s1. The number of ether oxygens (including phenoxy) is 3. The minimum absolute atomic E-state index is 0.0317. The summed E-state index contributed by atoms with van der Waals surface area (Å²) in [4.78, 5) is 47.7. The van der Waals surface area contributed by atoms with Crippen LogP contribution in [0.1, 0.15) is 17.5 Å². The minimum atomic E-state index is -1.03. The highest BCUT2D eigenvalue weighted by Gasteiger charge is 2.29. The van der Waals surface area contributed by atoms with E-state index in [4.69, 9.17) is 18.6 Å². The van der Waals surface area contributed by atoms with Gasteiger partial charge < -0.3 is 23.9 Å². The molecule has 1 aliphatic heterocycles. The Morgan fingerprint density at radius 1 is 1.14 bits per heavy atom. The number of imide groups is 1. The van der Waals surface area contributed by atoms with Crippen molar-refractivity contribution in [3.05, 3.63) is 48.4 Å². The van der Waals surface area contributed by atoms with Crippen LogP contribution in [0, 0.1) is 0 Å². The van der Waals surface area contributed by atoms with Crippen molar-refractivity contribution in [2.24, 2.45) is 0 Å². The van der Waals surface area contributed by atoms with Crippen molar-refractivity contribution in [1.82, 2.24) is 10.6 Å². The topological polar surface area (TPSA) is 133 Å². The van der Waals surface area contributed by atoms with Crippen LogP contribution in [0.25, 0.3) is 0 Å². The van der Waals surface area contributed by atoms with Crippen molar-refractivity contribution in [3.8, 4) is 11.5 Å². The maximum absolute atomic E-state index is 12.1. The van der Waals surface area contributed by atoms with E-state index in [1.54, 1.807) is 24.3 Å². The van der Waals surface area contributed by atoms with Gasteiger partial charge in [0.1, 0.15) is 12.6 Å². The molecule has 0 saturated carbocycles. The van der Waals surface area contributed by atoms with E-state index in [1.807, 2.05) is 0 Å². The molecule has 1 aromatic heterocycles. The molecule has 0 bridgehead atoms. The number of rotatable bonds is 6. The number of carbonyl (C=O) groups excluding carboxylic acids is 4. The van der Waals surface area contributed by atoms with Crippen molar-refractivity contribution in [3.63, 3.8) is 0 Å². The van der Waals surface area contributed by atoms with Gasteiger partial charge in [-0.3, -0.25) is 19.7 Å². The van der Waals surface area contributed by atoms with Gasteiger partial charge >= 0.3 is 5.97 Å². The lowest BCUT2D eigenvalue weighted by atomic mass is 10.2. The Balaban J connectivity index is 1.42. The smallest absolute Gasteiger partial charge is 0.328 e. The SMILES string of the molecule is C[C@H](NC(=O)c1ccco1)C(=O)OCC(=O)NC(=O)[C@@H]1COc2ccccc2O1. The van der Waals surface area contributed by atoms with E-state index in [0.717, 1.165) is 0 Å². The molecule has 2 N–H and O–H groups in total. The van der Waals surface area contributed by atoms with Crippen LogP contribution in [-0.2, 0) is 19.1 Å². The zero-order valence-corrected chi connectivity index (χ0v) is 15.4. The summed E-state index contributed by atoms with van der Waals surface area (Å²) >= 11 is 0. The Morgan fingerprint density at radius 3 is 2.62 bits per heavy atom. The molecule has 0 radical (unpaired) electrons.